The lowest BCUT2D eigenvalue weighted by Gasteiger charge is -2.21. The molecule has 0 heterocycles. The first kappa shape index (κ1) is 84.1. The third-order valence-corrected chi connectivity index (χ3v) is 17.4. The highest BCUT2D eigenvalue weighted by Gasteiger charge is 2.30. The SMILES string of the molecule is CCCCCCCCCCCCCCCC(=O)OC[C@H](COP(=O)(O)OC[C@@H](O)COP(=O)(O)OC[C@@H](COC(=O)CCCCCCCCCC)OC(=O)CCCCCCCCCCCCC)OC(=O)CCCCCCCCCCCCCC(C)C. The van der Waals surface area contributed by atoms with E-state index in [4.69, 9.17) is 37.0 Å². The van der Waals surface area contributed by atoms with Crippen LogP contribution in [0.5, 0.6) is 0 Å². The maximum Gasteiger partial charge on any atom is 0.472 e. The van der Waals surface area contributed by atoms with Gasteiger partial charge in [-0.3, -0.25) is 37.3 Å². The van der Waals surface area contributed by atoms with Gasteiger partial charge in [-0.1, -0.05) is 291 Å². The molecular weight excluding hydrogens is 1140 g/mol. The van der Waals surface area contributed by atoms with E-state index in [1.165, 1.54) is 161 Å². The zero-order valence-corrected chi connectivity index (χ0v) is 57.2. The molecule has 3 N–H and O–H groups in total. The van der Waals surface area contributed by atoms with Gasteiger partial charge in [-0.25, -0.2) is 9.13 Å². The fourth-order valence-electron chi connectivity index (χ4n) is 10.1. The smallest absolute Gasteiger partial charge is 0.462 e. The van der Waals surface area contributed by atoms with Gasteiger partial charge < -0.3 is 33.8 Å². The number of hydrogen-bond acceptors (Lipinski definition) is 15. The van der Waals surface area contributed by atoms with E-state index in [1.807, 2.05) is 0 Å². The molecular formula is C67H130O17P2. The summed E-state index contributed by atoms with van der Waals surface area (Å²) in [6, 6.07) is 0. The second kappa shape index (κ2) is 60.6. The number of ether oxygens (including phenoxy) is 4. The number of aliphatic hydroxyl groups excluding tert-OH is 1. The number of phosphoric acid groups is 2. The van der Waals surface area contributed by atoms with Crippen LogP contribution >= 0.6 is 15.6 Å². The Balaban J connectivity index is 5.23. The zero-order valence-electron chi connectivity index (χ0n) is 55.4. The number of rotatable bonds is 67. The molecule has 0 aromatic carbocycles. The molecule has 0 amide bonds. The standard InChI is InChI=1S/C67H130O17P2/c1-6-9-12-15-18-21-23-24-28-31-36-41-46-51-65(70)78-57-63(84-67(72)53-48-43-38-33-29-25-27-30-34-39-44-49-60(4)5)59-82-86(75,76)80-55-61(68)54-79-85(73,74)81-58-62(56-77-64(69)50-45-40-35-20-17-14-11-8-3)83-66(71)52-47-42-37-32-26-22-19-16-13-10-7-2/h60-63,68H,6-59H2,1-5H3,(H,73,74)(H,75,76)/t61-,62+,63+/m0/s1. The zero-order chi connectivity index (χ0) is 63.5. The van der Waals surface area contributed by atoms with E-state index in [9.17, 15) is 43.2 Å². The molecule has 0 bridgehead atoms. The van der Waals surface area contributed by atoms with Crippen LogP contribution in [0.2, 0.25) is 0 Å². The number of carbonyl (C=O) groups is 4. The van der Waals surface area contributed by atoms with Crippen molar-refractivity contribution in [2.45, 2.75) is 361 Å². The molecule has 0 aliphatic rings. The molecule has 0 fully saturated rings. The van der Waals surface area contributed by atoms with Crippen molar-refractivity contribution in [2.24, 2.45) is 5.92 Å². The first-order valence-corrected chi connectivity index (χ1v) is 38.1. The van der Waals surface area contributed by atoms with Crippen LogP contribution in [0.1, 0.15) is 343 Å². The lowest BCUT2D eigenvalue weighted by Crippen LogP contribution is -2.30. The molecule has 0 aliphatic heterocycles. The van der Waals surface area contributed by atoms with Crippen LogP contribution in [0.3, 0.4) is 0 Å². The van der Waals surface area contributed by atoms with Crippen molar-refractivity contribution in [2.75, 3.05) is 39.6 Å². The minimum Gasteiger partial charge on any atom is -0.462 e. The Labute approximate surface area is 524 Å². The maximum absolute atomic E-state index is 13.0. The third kappa shape index (κ3) is 60.9. The summed E-state index contributed by atoms with van der Waals surface area (Å²) < 4.78 is 68.1. The monoisotopic (exact) mass is 1270 g/mol. The van der Waals surface area contributed by atoms with E-state index in [-0.39, 0.29) is 25.7 Å². The lowest BCUT2D eigenvalue weighted by atomic mass is 10.0. The van der Waals surface area contributed by atoms with Gasteiger partial charge in [0, 0.05) is 25.7 Å². The van der Waals surface area contributed by atoms with Crippen molar-refractivity contribution in [3.63, 3.8) is 0 Å². The predicted octanol–water partition coefficient (Wildman–Crippen LogP) is 19.0. The van der Waals surface area contributed by atoms with Gasteiger partial charge in [-0.15, -0.1) is 0 Å². The summed E-state index contributed by atoms with van der Waals surface area (Å²) in [6.45, 7) is 7.20. The quantitative estimate of drug-likeness (QED) is 0.0222. The van der Waals surface area contributed by atoms with Crippen molar-refractivity contribution in [3.8, 4) is 0 Å². The average molecular weight is 1270 g/mol. The fourth-order valence-corrected chi connectivity index (χ4v) is 11.7. The van der Waals surface area contributed by atoms with Crippen molar-refractivity contribution in [1.82, 2.24) is 0 Å². The van der Waals surface area contributed by atoms with Crippen LogP contribution in [0.25, 0.3) is 0 Å². The minimum absolute atomic E-state index is 0.107. The molecule has 5 atom stereocenters. The summed E-state index contributed by atoms with van der Waals surface area (Å²) in [5.41, 5.74) is 0. The fraction of sp³-hybridized carbons (Fsp3) is 0.940. The highest BCUT2D eigenvalue weighted by molar-refractivity contribution is 7.47. The van der Waals surface area contributed by atoms with Gasteiger partial charge >= 0.3 is 39.5 Å². The van der Waals surface area contributed by atoms with E-state index in [2.05, 4.69) is 34.6 Å². The second-order valence-corrected chi connectivity index (χ2v) is 27.6. The van der Waals surface area contributed by atoms with Crippen LogP contribution in [-0.4, -0.2) is 96.7 Å². The summed E-state index contributed by atoms with van der Waals surface area (Å²) in [4.78, 5) is 72.3. The van der Waals surface area contributed by atoms with Crippen LogP contribution in [0.4, 0.5) is 0 Å². The minimum atomic E-state index is -4.95. The number of aliphatic hydroxyl groups is 1. The highest BCUT2D eigenvalue weighted by Crippen LogP contribution is 2.45. The molecule has 0 rings (SSSR count). The largest absolute Gasteiger partial charge is 0.472 e. The second-order valence-electron chi connectivity index (χ2n) is 24.7. The Morgan fingerprint density at radius 1 is 0.314 bits per heavy atom. The first-order valence-electron chi connectivity index (χ1n) is 35.1. The molecule has 0 radical (unpaired) electrons. The molecule has 0 saturated heterocycles. The predicted molar refractivity (Wildman–Crippen MR) is 345 cm³/mol. The van der Waals surface area contributed by atoms with Gasteiger partial charge in [0.1, 0.15) is 19.3 Å². The normalized spacial score (nSPS) is 14.2. The summed E-state index contributed by atoms with van der Waals surface area (Å²) in [5, 5.41) is 10.6. The summed E-state index contributed by atoms with van der Waals surface area (Å²) in [6.07, 6.45) is 45.7. The Hall–Kier alpha value is -1.94. The van der Waals surface area contributed by atoms with Gasteiger partial charge in [0.25, 0.3) is 0 Å². The molecule has 510 valence electrons. The molecule has 17 nitrogen and oxygen atoms in total. The Morgan fingerprint density at radius 2 is 0.535 bits per heavy atom. The van der Waals surface area contributed by atoms with Crippen LogP contribution in [-0.2, 0) is 65.4 Å². The van der Waals surface area contributed by atoms with Crippen LogP contribution in [0, 0.1) is 5.92 Å². The molecule has 0 saturated carbocycles. The number of phosphoric ester groups is 2. The summed E-state index contributed by atoms with van der Waals surface area (Å²) in [7, 11) is -9.89. The third-order valence-electron chi connectivity index (χ3n) is 15.5. The highest BCUT2D eigenvalue weighted by atomic mass is 31.2. The molecule has 0 aliphatic carbocycles. The molecule has 19 heteroatoms. The molecule has 86 heavy (non-hydrogen) atoms. The molecule has 2 unspecified atom stereocenters. The van der Waals surface area contributed by atoms with Crippen molar-refractivity contribution in [3.05, 3.63) is 0 Å². The van der Waals surface area contributed by atoms with E-state index in [1.54, 1.807) is 0 Å². The van der Waals surface area contributed by atoms with Gasteiger partial charge in [0.2, 0.25) is 0 Å². The van der Waals surface area contributed by atoms with Crippen molar-refractivity contribution in [1.29, 1.82) is 0 Å². The van der Waals surface area contributed by atoms with Gasteiger partial charge in [0.05, 0.1) is 26.4 Å². The van der Waals surface area contributed by atoms with Gasteiger partial charge in [-0.2, -0.15) is 0 Å². The van der Waals surface area contributed by atoms with Gasteiger partial charge in [-0.05, 0) is 31.6 Å². The average Bonchev–Trinajstić information content (AvgIpc) is 3.60. The topological polar surface area (TPSA) is 237 Å². The maximum atomic E-state index is 13.0. The Kier molecular flexibility index (Phi) is 59.2. The molecule has 0 aromatic heterocycles. The van der Waals surface area contributed by atoms with E-state index < -0.39 is 97.5 Å². The first-order chi connectivity index (χ1) is 41.5. The molecule has 0 spiro atoms. The summed E-state index contributed by atoms with van der Waals surface area (Å²) in [5.74, 6) is -1.36. The number of esters is 4. The lowest BCUT2D eigenvalue weighted by molar-refractivity contribution is -0.161. The van der Waals surface area contributed by atoms with E-state index in [0.29, 0.717) is 25.7 Å². The Bertz CT molecular complexity index is 1670. The van der Waals surface area contributed by atoms with Gasteiger partial charge in [0.15, 0.2) is 12.2 Å². The van der Waals surface area contributed by atoms with Crippen LogP contribution in [0.15, 0.2) is 0 Å². The Morgan fingerprint density at radius 3 is 0.791 bits per heavy atom. The van der Waals surface area contributed by atoms with E-state index >= 15 is 0 Å². The van der Waals surface area contributed by atoms with Crippen molar-refractivity contribution >= 4 is 39.5 Å². The van der Waals surface area contributed by atoms with Crippen molar-refractivity contribution < 1.29 is 80.2 Å². The molecule has 0 aromatic rings. The number of unbranched alkanes of at least 4 members (excludes halogenated alkanes) is 39. The van der Waals surface area contributed by atoms with Crippen LogP contribution < -0.4 is 0 Å². The summed E-state index contributed by atoms with van der Waals surface area (Å²) >= 11 is 0. The van der Waals surface area contributed by atoms with E-state index in [0.717, 1.165) is 102 Å². The number of hydrogen-bond donors (Lipinski definition) is 3. The number of carbonyl (C=O) groups excluding carboxylic acids is 4.